The van der Waals surface area contributed by atoms with E-state index in [1.807, 2.05) is 0 Å². The lowest BCUT2D eigenvalue weighted by molar-refractivity contribution is 0.615. The molecule has 2 nitrogen and oxygen atoms in total. The van der Waals surface area contributed by atoms with Gasteiger partial charge in [0.05, 0.1) is 27.4 Å². The fourth-order valence-corrected chi connectivity index (χ4v) is 1.49. The summed E-state index contributed by atoms with van der Waals surface area (Å²) >= 11 is 8.84. The minimum atomic E-state index is -0.472. The van der Waals surface area contributed by atoms with Gasteiger partial charge in [0, 0.05) is 0 Å². The number of hydrogen-bond donors (Lipinski definition) is 0. The summed E-state index contributed by atoms with van der Waals surface area (Å²) in [5.74, 6) is -0.472. The lowest BCUT2D eigenvalue weighted by atomic mass is 10.4. The molecule has 62 valence electrons. The van der Waals surface area contributed by atoms with Gasteiger partial charge in [-0.15, -0.1) is 0 Å². The van der Waals surface area contributed by atoms with Crippen molar-refractivity contribution in [3.63, 3.8) is 0 Å². The van der Waals surface area contributed by atoms with Crippen molar-refractivity contribution in [3.05, 3.63) is 33.8 Å². The Kier molecular flexibility index (Phi) is 1.81. The van der Waals surface area contributed by atoms with Crippen molar-refractivity contribution >= 4 is 33.0 Å². The van der Waals surface area contributed by atoms with Crippen molar-refractivity contribution < 1.29 is 4.39 Å². The van der Waals surface area contributed by atoms with Crippen molar-refractivity contribution in [2.24, 2.45) is 0 Å². The second-order valence-corrected chi connectivity index (χ2v) is 3.55. The number of halogens is 3. The Labute approximate surface area is 81.1 Å². The summed E-state index contributed by atoms with van der Waals surface area (Å²) in [6.45, 7) is 0. The molecule has 2 heterocycles. The van der Waals surface area contributed by atoms with Crippen LogP contribution < -0.4 is 0 Å². The van der Waals surface area contributed by atoms with Gasteiger partial charge in [-0.1, -0.05) is 11.6 Å². The molecule has 2 aromatic heterocycles. The molecule has 0 aliphatic heterocycles. The standard InChI is InChI=1S/C7H3BrClFN2/c8-4-2-11-12-3-6(10)5(9)1-7(4)12/h1-3H. The maximum Gasteiger partial charge on any atom is 0.160 e. The van der Waals surface area contributed by atoms with Gasteiger partial charge in [-0.05, 0) is 22.0 Å². The summed E-state index contributed by atoms with van der Waals surface area (Å²) < 4.78 is 15.1. The van der Waals surface area contributed by atoms with E-state index in [1.165, 1.54) is 16.8 Å². The van der Waals surface area contributed by atoms with Crippen LogP contribution in [0.3, 0.4) is 0 Å². The highest BCUT2D eigenvalue weighted by molar-refractivity contribution is 9.10. The first-order chi connectivity index (χ1) is 5.68. The highest BCUT2D eigenvalue weighted by atomic mass is 79.9. The number of fused-ring (bicyclic) bond motifs is 1. The monoisotopic (exact) mass is 248 g/mol. The minimum absolute atomic E-state index is 0.101. The largest absolute Gasteiger partial charge is 0.237 e. The maximum atomic E-state index is 12.8. The molecule has 5 heteroatoms. The summed E-state index contributed by atoms with van der Waals surface area (Å²) in [4.78, 5) is 0. The molecule has 0 fully saturated rings. The third-order valence-corrected chi connectivity index (χ3v) is 2.41. The normalized spacial score (nSPS) is 10.9. The average Bonchev–Trinajstić information content (AvgIpc) is 2.35. The third-order valence-electron chi connectivity index (χ3n) is 1.51. The van der Waals surface area contributed by atoms with Crippen LogP contribution in [0.4, 0.5) is 4.39 Å². The van der Waals surface area contributed by atoms with E-state index in [4.69, 9.17) is 11.6 Å². The van der Waals surface area contributed by atoms with Crippen molar-refractivity contribution in [1.82, 2.24) is 9.61 Å². The van der Waals surface area contributed by atoms with Gasteiger partial charge in [0.1, 0.15) is 0 Å². The maximum absolute atomic E-state index is 12.8. The number of aromatic nitrogens is 2. The van der Waals surface area contributed by atoms with Crippen molar-refractivity contribution in [2.75, 3.05) is 0 Å². The topological polar surface area (TPSA) is 17.3 Å². The van der Waals surface area contributed by atoms with E-state index in [-0.39, 0.29) is 5.02 Å². The van der Waals surface area contributed by atoms with Gasteiger partial charge in [-0.2, -0.15) is 5.10 Å². The molecule has 0 aliphatic rings. The molecule has 0 unspecified atom stereocenters. The van der Waals surface area contributed by atoms with Crippen LogP contribution in [-0.2, 0) is 0 Å². The number of rotatable bonds is 0. The van der Waals surface area contributed by atoms with E-state index in [9.17, 15) is 4.39 Å². The van der Waals surface area contributed by atoms with Gasteiger partial charge >= 0.3 is 0 Å². The van der Waals surface area contributed by atoms with Gasteiger partial charge in [0.25, 0.3) is 0 Å². The molecule has 0 radical (unpaired) electrons. The lowest BCUT2D eigenvalue weighted by Gasteiger charge is -1.95. The summed E-state index contributed by atoms with van der Waals surface area (Å²) in [7, 11) is 0. The van der Waals surface area contributed by atoms with Crippen LogP contribution >= 0.6 is 27.5 Å². The number of nitrogens with zero attached hydrogens (tertiary/aromatic N) is 2. The van der Waals surface area contributed by atoms with Gasteiger partial charge in [-0.25, -0.2) is 8.91 Å². The Bertz CT molecular complexity index is 440. The van der Waals surface area contributed by atoms with E-state index >= 15 is 0 Å². The molecular formula is C7H3BrClFN2. The Morgan fingerprint density at radius 3 is 3.08 bits per heavy atom. The van der Waals surface area contributed by atoms with Crippen molar-refractivity contribution in [1.29, 1.82) is 0 Å². The molecule has 0 N–H and O–H groups in total. The third kappa shape index (κ3) is 1.11. The van der Waals surface area contributed by atoms with Crippen molar-refractivity contribution in [3.8, 4) is 0 Å². The predicted octanol–water partition coefficient (Wildman–Crippen LogP) is 2.89. The molecule has 0 aliphatic carbocycles. The smallest absolute Gasteiger partial charge is 0.160 e. The van der Waals surface area contributed by atoms with E-state index in [0.717, 1.165) is 9.99 Å². The van der Waals surface area contributed by atoms with Crippen LogP contribution in [-0.4, -0.2) is 9.61 Å². The quantitative estimate of drug-likeness (QED) is 0.702. The zero-order chi connectivity index (χ0) is 8.72. The van der Waals surface area contributed by atoms with Crippen LogP contribution in [0.1, 0.15) is 0 Å². The molecule has 0 amide bonds. The molecular weight excluding hydrogens is 246 g/mol. The number of pyridine rings is 1. The van der Waals surface area contributed by atoms with Gasteiger partial charge in [0.15, 0.2) is 5.82 Å². The molecule has 0 aromatic carbocycles. The average molecular weight is 249 g/mol. The van der Waals surface area contributed by atoms with Crippen LogP contribution in [0.2, 0.25) is 5.02 Å². The van der Waals surface area contributed by atoms with Crippen LogP contribution in [0.15, 0.2) is 22.9 Å². The molecule has 0 bridgehead atoms. The Hall–Kier alpha value is -0.610. The summed E-state index contributed by atoms with van der Waals surface area (Å²) in [6, 6.07) is 1.52. The lowest BCUT2D eigenvalue weighted by Crippen LogP contribution is -1.88. The molecule has 0 saturated heterocycles. The van der Waals surface area contributed by atoms with Gasteiger partial charge < -0.3 is 0 Å². The molecule has 2 rings (SSSR count). The predicted molar refractivity (Wildman–Crippen MR) is 47.9 cm³/mol. The van der Waals surface area contributed by atoms with Gasteiger partial charge in [0.2, 0.25) is 0 Å². The van der Waals surface area contributed by atoms with E-state index < -0.39 is 5.82 Å². The zero-order valence-electron chi connectivity index (χ0n) is 5.76. The zero-order valence-corrected chi connectivity index (χ0v) is 8.10. The molecule has 0 atom stereocenters. The molecule has 12 heavy (non-hydrogen) atoms. The Balaban J connectivity index is 2.87. The molecule has 0 spiro atoms. The van der Waals surface area contributed by atoms with Crippen molar-refractivity contribution in [2.45, 2.75) is 0 Å². The first-order valence-electron chi connectivity index (χ1n) is 3.16. The minimum Gasteiger partial charge on any atom is -0.237 e. The first-order valence-corrected chi connectivity index (χ1v) is 4.33. The summed E-state index contributed by atoms with van der Waals surface area (Å²) in [6.07, 6.45) is 2.83. The highest BCUT2D eigenvalue weighted by Gasteiger charge is 2.05. The first kappa shape index (κ1) is 8.01. The summed E-state index contributed by atoms with van der Waals surface area (Å²) in [5, 5.41) is 3.99. The molecule has 2 aromatic rings. The number of hydrogen-bond acceptors (Lipinski definition) is 1. The Morgan fingerprint density at radius 1 is 1.58 bits per heavy atom. The SMILES string of the molecule is Fc1cn2ncc(Br)c2cc1Cl. The van der Waals surface area contributed by atoms with Crippen LogP contribution in [0.25, 0.3) is 5.52 Å². The fourth-order valence-electron chi connectivity index (χ4n) is 0.947. The van der Waals surface area contributed by atoms with Gasteiger partial charge in [-0.3, -0.25) is 0 Å². The Morgan fingerprint density at radius 2 is 2.33 bits per heavy atom. The molecule has 0 saturated carbocycles. The van der Waals surface area contributed by atoms with E-state index in [0.29, 0.717) is 0 Å². The highest BCUT2D eigenvalue weighted by Crippen LogP contribution is 2.22. The van der Waals surface area contributed by atoms with Crippen LogP contribution in [0.5, 0.6) is 0 Å². The van der Waals surface area contributed by atoms with E-state index in [1.54, 1.807) is 6.20 Å². The second kappa shape index (κ2) is 2.71. The summed E-state index contributed by atoms with van der Waals surface area (Å²) in [5.41, 5.74) is 0.751. The van der Waals surface area contributed by atoms with Crippen LogP contribution in [0, 0.1) is 5.82 Å². The second-order valence-electron chi connectivity index (χ2n) is 2.29. The van der Waals surface area contributed by atoms with E-state index in [2.05, 4.69) is 21.0 Å². The fraction of sp³-hybridized carbons (Fsp3) is 0.